The summed E-state index contributed by atoms with van der Waals surface area (Å²) in [6.45, 7) is 2.33. The van der Waals surface area contributed by atoms with Crippen LogP contribution in [0.3, 0.4) is 0 Å². The number of hydrogen-bond donors (Lipinski definition) is 2. The lowest BCUT2D eigenvalue weighted by Crippen LogP contribution is -2.36. The van der Waals surface area contributed by atoms with Crippen LogP contribution in [-0.4, -0.2) is 30.9 Å². The Labute approximate surface area is 107 Å². The van der Waals surface area contributed by atoms with Crippen LogP contribution < -0.4 is 10.1 Å². The first-order valence-corrected chi connectivity index (χ1v) is 6.40. The van der Waals surface area contributed by atoms with E-state index in [0.29, 0.717) is 17.5 Å². The summed E-state index contributed by atoms with van der Waals surface area (Å²) in [5.74, 6) is 1.10. The molecule has 1 unspecified atom stereocenters. The molecule has 1 aromatic rings. The van der Waals surface area contributed by atoms with E-state index in [4.69, 9.17) is 16.3 Å². The molecule has 3 nitrogen and oxygen atoms in total. The Hall–Kier alpha value is -0.770. The van der Waals surface area contributed by atoms with Crippen LogP contribution in [0.1, 0.15) is 12.8 Å². The van der Waals surface area contributed by atoms with Gasteiger partial charge in [0.15, 0.2) is 0 Å². The Morgan fingerprint density at radius 2 is 1.94 bits per heavy atom. The number of piperidine rings is 1. The predicted octanol–water partition coefficient (Wildman–Crippen LogP) is 2.08. The normalized spacial score (nSPS) is 18.9. The molecule has 1 heterocycles. The topological polar surface area (TPSA) is 41.5 Å². The molecule has 0 aliphatic carbocycles. The molecule has 1 saturated heterocycles. The third kappa shape index (κ3) is 3.87. The summed E-state index contributed by atoms with van der Waals surface area (Å²) in [6.07, 6.45) is 1.66. The molecular weight excluding hydrogens is 238 g/mol. The average molecular weight is 256 g/mol. The molecule has 1 fully saturated rings. The van der Waals surface area contributed by atoms with E-state index in [1.165, 1.54) is 0 Å². The standard InChI is InChI=1S/C13H18ClNO2/c14-11-1-3-12(4-2-11)17-9-13(16)10-5-7-15-8-6-10/h1-4,10,13,15-16H,5-9H2. The highest BCUT2D eigenvalue weighted by Gasteiger charge is 2.21. The summed E-state index contributed by atoms with van der Waals surface area (Å²) in [4.78, 5) is 0. The molecule has 2 rings (SSSR count). The van der Waals surface area contributed by atoms with Crippen molar-refractivity contribution < 1.29 is 9.84 Å². The van der Waals surface area contributed by atoms with Gasteiger partial charge in [-0.15, -0.1) is 0 Å². The van der Waals surface area contributed by atoms with Crippen LogP contribution in [0.2, 0.25) is 5.02 Å². The first kappa shape index (κ1) is 12.7. The molecule has 0 saturated carbocycles. The number of ether oxygens (including phenoxy) is 1. The van der Waals surface area contributed by atoms with Gasteiger partial charge in [0.2, 0.25) is 0 Å². The van der Waals surface area contributed by atoms with Crippen LogP contribution in [0.15, 0.2) is 24.3 Å². The number of rotatable bonds is 4. The third-order valence-electron chi connectivity index (χ3n) is 3.16. The molecule has 0 aromatic heterocycles. The van der Waals surface area contributed by atoms with Crippen molar-refractivity contribution in [2.24, 2.45) is 5.92 Å². The Morgan fingerprint density at radius 3 is 2.59 bits per heavy atom. The molecule has 17 heavy (non-hydrogen) atoms. The second kappa shape index (κ2) is 6.24. The second-order valence-electron chi connectivity index (χ2n) is 4.42. The van der Waals surface area contributed by atoms with E-state index in [-0.39, 0.29) is 6.10 Å². The molecule has 0 bridgehead atoms. The summed E-state index contributed by atoms with van der Waals surface area (Å²) < 4.78 is 5.55. The fourth-order valence-corrected chi connectivity index (χ4v) is 2.20. The van der Waals surface area contributed by atoms with Crippen LogP contribution in [-0.2, 0) is 0 Å². The molecule has 1 aromatic carbocycles. The van der Waals surface area contributed by atoms with Crippen molar-refractivity contribution in [2.45, 2.75) is 18.9 Å². The van der Waals surface area contributed by atoms with Gasteiger partial charge < -0.3 is 15.2 Å². The van der Waals surface area contributed by atoms with Crippen molar-refractivity contribution in [3.63, 3.8) is 0 Å². The number of hydrogen-bond acceptors (Lipinski definition) is 3. The van der Waals surface area contributed by atoms with Gasteiger partial charge in [0, 0.05) is 5.02 Å². The molecule has 1 aliphatic rings. The molecule has 4 heteroatoms. The zero-order valence-electron chi connectivity index (χ0n) is 9.73. The van der Waals surface area contributed by atoms with E-state index in [1.54, 1.807) is 12.1 Å². The van der Waals surface area contributed by atoms with Crippen molar-refractivity contribution >= 4 is 11.6 Å². The van der Waals surface area contributed by atoms with E-state index in [1.807, 2.05) is 12.1 Å². The highest BCUT2D eigenvalue weighted by Crippen LogP contribution is 2.19. The summed E-state index contributed by atoms with van der Waals surface area (Å²) in [6, 6.07) is 7.20. The van der Waals surface area contributed by atoms with E-state index in [0.717, 1.165) is 31.7 Å². The van der Waals surface area contributed by atoms with E-state index in [2.05, 4.69) is 5.32 Å². The van der Waals surface area contributed by atoms with Crippen LogP contribution in [0.25, 0.3) is 0 Å². The molecule has 1 atom stereocenters. The zero-order chi connectivity index (χ0) is 12.1. The van der Waals surface area contributed by atoms with E-state index in [9.17, 15) is 5.11 Å². The molecule has 94 valence electrons. The highest BCUT2D eigenvalue weighted by molar-refractivity contribution is 6.30. The molecular formula is C13H18ClNO2. The van der Waals surface area contributed by atoms with Crippen LogP contribution in [0, 0.1) is 5.92 Å². The molecule has 1 aliphatic heterocycles. The number of aliphatic hydroxyl groups excluding tert-OH is 1. The minimum atomic E-state index is -0.382. The van der Waals surface area contributed by atoms with Gasteiger partial charge >= 0.3 is 0 Å². The maximum absolute atomic E-state index is 10.0. The van der Waals surface area contributed by atoms with Crippen LogP contribution >= 0.6 is 11.6 Å². The minimum Gasteiger partial charge on any atom is -0.491 e. The van der Waals surface area contributed by atoms with Gasteiger partial charge in [-0.3, -0.25) is 0 Å². The molecule has 0 spiro atoms. The van der Waals surface area contributed by atoms with Gasteiger partial charge in [-0.25, -0.2) is 0 Å². The maximum Gasteiger partial charge on any atom is 0.119 e. The van der Waals surface area contributed by atoms with Crippen molar-refractivity contribution in [2.75, 3.05) is 19.7 Å². The molecule has 0 amide bonds. The fourth-order valence-electron chi connectivity index (χ4n) is 2.08. The lowest BCUT2D eigenvalue weighted by atomic mass is 9.93. The van der Waals surface area contributed by atoms with Gasteiger partial charge in [-0.1, -0.05) is 11.6 Å². The summed E-state index contributed by atoms with van der Waals surface area (Å²) in [5.41, 5.74) is 0. The first-order chi connectivity index (χ1) is 8.25. The Kier molecular flexibility index (Phi) is 4.66. The van der Waals surface area contributed by atoms with E-state index >= 15 is 0 Å². The highest BCUT2D eigenvalue weighted by atomic mass is 35.5. The van der Waals surface area contributed by atoms with Crippen molar-refractivity contribution in [3.05, 3.63) is 29.3 Å². The Balaban J connectivity index is 1.78. The van der Waals surface area contributed by atoms with Crippen molar-refractivity contribution in [1.82, 2.24) is 5.32 Å². The Bertz CT molecular complexity index is 336. The maximum atomic E-state index is 10.0. The van der Waals surface area contributed by atoms with Gasteiger partial charge in [0.25, 0.3) is 0 Å². The van der Waals surface area contributed by atoms with Crippen molar-refractivity contribution in [3.8, 4) is 5.75 Å². The van der Waals surface area contributed by atoms with E-state index < -0.39 is 0 Å². The third-order valence-corrected chi connectivity index (χ3v) is 3.41. The monoisotopic (exact) mass is 255 g/mol. The van der Waals surface area contributed by atoms with Crippen molar-refractivity contribution in [1.29, 1.82) is 0 Å². The van der Waals surface area contributed by atoms with Crippen LogP contribution in [0.4, 0.5) is 0 Å². The zero-order valence-corrected chi connectivity index (χ0v) is 10.5. The first-order valence-electron chi connectivity index (χ1n) is 6.03. The average Bonchev–Trinajstić information content (AvgIpc) is 2.39. The molecule has 0 radical (unpaired) electrons. The van der Waals surface area contributed by atoms with Gasteiger partial charge in [-0.2, -0.15) is 0 Å². The number of halogens is 1. The molecule has 2 N–H and O–H groups in total. The summed E-state index contributed by atoms with van der Waals surface area (Å²) in [7, 11) is 0. The van der Waals surface area contributed by atoms with Gasteiger partial charge in [-0.05, 0) is 56.1 Å². The smallest absolute Gasteiger partial charge is 0.119 e. The van der Waals surface area contributed by atoms with Gasteiger partial charge in [0.05, 0.1) is 6.10 Å². The minimum absolute atomic E-state index is 0.351. The number of benzene rings is 1. The fraction of sp³-hybridized carbons (Fsp3) is 0.538. The number of nitrogens with one attached hydrogen (secondary N) is 1. The lowest BCUT2D eigenvalue weighted by Gasteiger charge is -2.27. The SMILES string of the molecule is OC(COc1ccc(Cl)cc1)C1CCNCC1. The lowest BCUT2D eigenvalue weighted by molar-refractivity contribution is 0.0442. The second-order valence-corrected chi connectivity index (χ2v) is 4.86. The number of aliphatic hydroxyl groups is 1. The predicted molar refractivity (Wildman–Crippen MR) is 68.5 cm³/mol. The largest absolute Gasteiger partial charge is 0.491 e. The summed E-state index contributed by atoms with van der Waals surface area (Å²) >= 11 is 5.78. The quantitative estimate of drug-likeness (QED) is 0.866. The Morgan fingerprint density at radius 1 is 1.29 bits per heavy atom. The summed E-state index contributed by atoms with van der Waals surface area (Å²) in [5, 5.41) is 14.0. The van der Waals surface area contributed by atoms with Gasteiger partial charge in [0.1, 0.15) is 12.4 Å². The van der Waals surface area contributed by atoms with Crippen LogP contribution in [0.5, 0.6) is 5.75 Å².